The molecule has 0 aromatic rings. The summed E-state index contributed by atoms with van der Waals surface area (Å²) in [6.45, 7) is 4.28. The number of amides is 1. The zero-order valence-corrected chi connectivity index (χ0v) is 10.5. The summed E-state index contributed by atoms with van der Waals surface area (Å²) >= 11 is 0. The molecule has 94 valence electrons. The molecule has 1 fully saturated rings. The molecular formula is C13H25NO2. The van der Waals surface area contributed by atoms with Crippen LogP contribution < -0.4 is 5.32 Å². The molecule has 0 radical (unpaired) electrons. The van der Waals surface area contributed by atoms with Crippen LogP contribution in [0.5, 0.6) is 0 Å². The summed E-state index contributed by atoms with van der Waals surface area (Å²) in [5.41, 5.74) is 0. The number of aliphatic hydroxyl groups is 1. The number of carbonyl (C=O) groups is 1. The Kier molecular flexibility index (Phi) is 5.81. The van der Waals surface area contributed by atoms with Crippen molar-refractivity contribution in [3.63, 3.8) is 0 Å². The van der Waals surface area contributed by atoms with Crippen molar-refractivity contribution in [2.45, 2.75) is 70.9 Å². The second kappa shape index (κ2) is 6.89. The first-order valence-corrected chi connectivity index (χ1v) is 6.59. The van der Waals surface area contributed by atoms with Crippen molar-refractivity contribution in [1.82, 2.24) is 5.32 Å². The van der Waals surface area contributed by atoms with Gasteiger partial charge >= 0.3 is 0 Å². The number of hydrogen-bond donors (Lipinski definition) is 2. The van der Waals surface area contributed by atoms with Crippen molar-refractivity contribution < 1.29 is 9.90 Å². The average Bonchev–Trinajstić information content (AvgIpc) is 2.21. The molecule has 0 saturated heterocycles. The van der Waals surface area contributed by atoms with Crippen LogP contribution in [0.4, 0.5) is 0 Å². The van der Waals surface area contributed by atoms with Gasteiger partial charge in [0, 0.05) is 12.5 Å². The summed E-state index contributed by atoms with van der Waals surface area (Å²) in [5.74, 6) is 0.668. The molecule has 3 nitrogen and oxygen atoms in total. The molecule has 1 amide bonds. The molecule has 1 unspecified atom stereocenters. The molecular weight excluding hydrogens is 202 g/mol. The lowest BCUT2D eigenvalue weighted by molar-refractivity contribution is -0.123. The lowest BCUT2D eigenvalue weighted by Gasteiger charge is -2.26. The van der Waals surface area contributed by atoms with Crippen LogP contribution in [0, 0.1) is 5.92 Å². The Balaban J connectivity index is 2.18. The Bertz CT molecular complexity index is 210. The SMILES string of the molecule is CCCC(C)CC(=O)NC1CCC(O)CC1. The Morgan fingerprint density at radius 2 is 2.00 bits per heavy atom. The largest absolute Gasteiger partial charge is 0.393 e. The summed E-state index contributed by atoms with van der Waals surface area (Å²) < 4.78 is 0. The second-order valence-electron chi connectivity index (χ2n) is 5.17. The van der Waals surface area contributed by atoms with Gasteiger partial charge in [0.15, 0.2) is 0 Å². The first-order chi connectivity index (χ1) is 7.61. The Morgan fingerprint density at radius 3 is 2.56 bits per heavy atom. The van der Waals surface area contributed by atoms with E-state index in [0.29, 0.717) is 18.4 Å². The minimum atomic E-state index is -0.146. The third-order valence-electron chi connectivity index (χ3n) is 3.38. The van der Waals surface area contributed by atoms with Crippen LogP contribution in [0.2, 0.25) is 0 Å². The van der Waals surface area contributed by atoms with Crippen LogP contribution in [0.25, 0.3) is 0 Å². The number of hydrogen-bond acceptors (Lipinski definition) is 2. The van der Waals surface area contributed by atoms with Gasteiger partial charge in [-0.3, -0.25) is 4.79 Å². The van der Waals surface area contributed by atoms with Crippen molar-refractivity contribution in [2.24, 2.45) is 5.92 Å². The maximum Gasteiger partial charge on any atom is 0.220 e. The summed E-state index contributed by atoms with van der Waals surface area (Å²) in [6, 6.07) is 0.296. The summed E-state index contributed by atoms with van der Waals surface area (Å²) in [4.78, 5) is 11.7. The minimum Gasteiger partial charge on any atom is -0.393 e. The monoisotopic (exact) mass is 227 g/mol. The quantitative estimate of drug-likeness (QED) is 0.756. The lowest BCUT2D eigenvalue weighted by atomic mass is 9.92. The average molecular weight is 227 g/mol. The van der Waals surface area contributed by atoms with Crippen LogP contribution in [-0.4, -0.2) is 23.2 Å². The minimum absolute atomic E-state index is 0.146. The highest BCUT2D eigenvalue weighted by Crippen LogP contribution is 2.19. The van der Waals surface area contributed by atoms with Crippen molar-refractivity contribution in [3.8, 4) is 0 Å². The number of carbonyl (C=O) groups excluding carboxylic acids is 1. The van der Waals surface area contributed by atoms with Gasteiger partial charge in [-0.15, -0.1) is 0 Å². The van der Waals surface area contributed by atoms with E-state index >= 15 is 0 Å². The molecule has 2 N–H and O–H groups in total. The highest BCUT2D eigenvalue weighted by atomic mass is 16.3. The zero-order chi connectivity index (χ0) is 12.0. The maximum atomic E-state index is 11.7. The van der Waals surface area contributed by atoms with Gasteiger partial charge in [-0.25, -0.2) is 0 Å². The fraction of sp³-hybridized carbons (Fsp3) is 0.923. The molecule has 0 aromatic heterocycles. The maximum absolute atomic E-state index is 11.7. The molecule has 0 aliphatic heterocycles. The first kappa shape index (κ1) is 13.5. The van der Waals surface area contributed by atoms with Crippen LogP contribution in [0.3, 0.4) is 0 Å². The first-order valence-electron chi connectivity index (χ1n) is 6.59. The van der Waals surface area contributed by atoms with Gasteiger partial charge in [0.1, 0.15) is 0 Å². The Morgan fingerprint density at radius 1 is 1.38 bits per heavy atom. The molecule has 1 atom stereocenters. The van der Waals surface area contributed by atoms with E-state index in [9.17, 15) is 9.90 Å². The van der Waals surface area contributed by atoms with Crippen LogP contribution in [-0.2, 0) is 4.79 Å². The molecule has 3 heteroatoms. The number of aliphatic hydroxyl groups excluding tert-OH is 1. The molecule has 0 aromatic carbocycles. The number of nitrogens with one attached hydrogen (secondary N) is 1. The molecule has 1 aliphatic carbocycles. The van der Waals surface area contributed by atoms with E-state index in [1.54, 1.807) is 0 Å². The molecule has 0 bridgehead atoms. The molecule has 16 heavy (non-hydrogen) atoms. The van der Waals surface area contributed by atoms with Gasteiger partial charge in [0.25, 0.3) is 0 Å². The van der Waals surface area contributed by atoms with E-state index in [1.807, 2.05) is 0 Å². The standard InChI is InChI=1S/C13H25NO2/c1-3-4-10(2)9-13(16)14-11-5-7-12(15)8-6-11/h10-12,15H,3-9H2,1-2H3,(H,14,16). The van der Waals surface area contributed by atoms with Gasteiger partial charge in [-0.05, 0) is 31.6 Å². The van der Waals surface area contributed by atoms with Gasteiger partial charge in [0.05, 0.1) is 6.10 Å². The Labute approximate surface area is 98.6 Å². The van der Waals surface area contributed by atoms with Crippen molar-refractivity contribution in [3.05, 3.63) is 0 Å². The molecule has 1 saturated carbocycles. The van der Waals surface area contributed by atoms with Crippen molar-refractivity contribution in [2.75, 3.05) is 0 Å². The fourth-order valence-electron chi connectivity index (χ4n) is 2.42. The zero-order valence-electron chi connectivity index (χ0n) is 10.5. The predicted octanol–water partition coefficient (Wildman–Crippen LogP) is 2.23. The van der Waals surface area contributed by atoms with Gasteiger partial charge in [-0.2, -0.15) is 0 Å². The van der Waals surface area contributed by atoms with E-state index in [0.717, 1.165) is 38.5 Å². The predicted molar refractivity (Wildman–Crippen MR) is 65.1 cm³/mol. The van der Waals surface area contributed by atoms with E-state index in [1.165, 1.54) is 0 Å². The van der Waals surface area contributed by atoms with E-state index in [2.05, 4.69) is 19.2 Å². The second-order valence-corrected chi connectivity index (χ2v) is 5.17. The molecule has 1 aliphatic rings. The van der Waals surface area contributed by atoms with Gasteiger partial charge < -0.3 is 10.4 Å². The van der Waals surface area contributed by atoms with Crippen LogP contribution >= 0.6 is 0 Å². The van der Waals surface area contributed by atoms with Crippen LogP contribution in [0.1, 0.15) is 58.8 Å². The van der Waals surface area contributed by atoms with E-state index < -0.39 is 0 Å². The Hall–Kier alpha value is -0.570. The van der Waals surface area contributed by atoms with Crippen molar-refractivity contribution >= 4 is 5.91 Å². The summed E-state index contributed by atoms with van der Waals surface area (Å²) in [6.07, 6.45) is 6.27. The third kappa shape index (κ3) is 4.97. The van der Waals surface area contributed by atoms with E-state index in [-0.39, 0.29) is 12.0 Å². The summed E-state index contributed by atoms with van der Waals surface area (Å²) in [7, 11) is 0. The fourth-order valence-corrected chi connectivity index (χ4v) is 2.42. The molecule has 0 spiro atoms. The smallest absolute Gasteiger partial charge is 0.220 e. The third-order valence-corrected chi connectivity index (χ3v) is 3.38. The molecule has 1 rings (SSSR count). The number of rotatable bonds is 5. The summed E-state index contributed by atoms with van der Waals surface area (Å²) in [5, 5.41) is 12.4. The van der Waals surface area contributed by atoms with Crippen LogP contribution in [0.15, 0.2) is 0 Å². The highest BCUT2D eigenvalue weighted by Gasteiger charge is 2.21. The van der Waals surface area contributed by atoms with E-state index in [4.69, 9.17) is 0 Å². The lowest BCUT2D eigenvalue weighted by Crippen LogP contribution is -2.39. The molecule has 0 heterocycles. The normalized spacial score (nSPS) is 27.4. The topological polar surface area (TPSA) is 49.3 Å². The highest BCUT2D eigenvalue weighted by molar-refractivity contribution is 5.76. The van der Waals surface area contributed by atoms with Gasteiger partial charge in [-0.1, -0.05) is 26.7 Å². The van der Waals surface area contributed by atoms with Gasteiger partial charge in [0.2, 0.25) is 5.91 Å². The van der Waals surface area contributed by atoms with Crippen molar-refractivity contribution in [1.29, 1.82) is 0 Å².